The van der Waals surface area contributed by atoms with Gasteiger partial charge in [0.2, 0.25) is 0 Å². The van der Waals surface area contributed by atoms with Crippen molar-refractivity contribution in [1.82, 2.24) is 4.98 Å². The van der Waals surface area contributed by atoms with E-state index < -0.39 is 11.8 Å². The van der Waals surface area contributed by atoms with Crippen molar-refractivity contribution in [3.05, 3.63) is 89.2 Å². The number of fused-ring (bicyclic) bond motifs is 1. The first-order chi connectivity index (χ1) is 13.6. The van der Waals surface area contributed by atoms with Gasteiger partial charge < -0.3 is 14.8 Å². The van der Waals surface area contributed by atoms with Gasteiger partial charge in [-0.25, -0.2) is 9.18 Å². The van der Waals surface area contributed by atoms with Crippen molar-refractivity contribution in [1.29, 1.82) is 0 Å². The maximum Gasteiger partial charge on any atom is 0.338 e. The molecule has 0 radical (unpaired) electrons. The molecule has 28 heavy (non-hydrogen) atoms. The molecule has 0 aliphatic rings. The van der Waals surface area contributed by atoms with Crippen LogP contribution in [0.3, 0.4) is 0 Å². The van der Waals surface area contributed by atoms with E-state index in [0.29, 0.717) is 5.56 Å². The topological polar surface area (TPSA) is 62.3 Å². The maximum absolute atomic E-state index is 14.8. The Morgan fingerprint density at radius 3 is 2.57 bits per heavy atom. The fraction of sp³-hybridized carbons (Fsp3) is 0.0870. The van der Waals surface area contributed by atoms with Crippen LogP contribution in [0.2, 0.25) is 0 Å². The lowest BCUT2D eigenvalue weighted by atomic mass is 9.97. The van der Waals surface area contributed by atoms with Crippen LogP contribution in [0, 0.1) is 5.82 Å². The van der Waals surface area contributed by atoms with Crippen LogP contribution in [0.25, 0.3) is 22.2 Å². The van der Waals surface area contributed by atoms with Crippen LogP contribution in [0.1, 0.15) is 21.5 Å². The predicted molar refractivity (Wildman–Crippen MR) is 106 cm³/mol. The summed E-state index contributed by atoms with van der Waals surface area (Å²) >= 11 is 0. The SMILES string of the molecule is COc1ccc2c(Cc3cccc(C(=O)O)c3F)c(-c3ccccc3)[nH]c2c1. The second-order valence-corrected chi connectivity index (χ2v) is 6.52. The Morgan fingerprint density at radius 2 is 1.86 bits per heavy atom. The summed E-state index contributed by atoms with van der Waals surface area (Å²) < 4.78 is 20.1. The molecule has 2 N–H and O–H groups in total. The third kappa shape index (κ3) is 3.11. The van der Waals surface area contributed by atoms with Gasteiger partial charge in [-0.1, -0.05) is 42.5 Å². The fourth-order valence-electron chi connectivity index (χ4n) is 3.47. The van der Waals surface area contributed by atoms with E-state index in [1.165, 1.54) is 6.07 Å². The zero-order valence-electron chi connectivity index (χ0n) is 15.2. The maximum atomic E-state index is 14.8. The predicted octanol–water partition coefficient (Wildman–Crippen LogP) is 5.27. The molecule has 0 atom stereocenters. The summed E-state index contributed by atoms with van der Waals surface area (Å²) in [7, 11) is 1.61. The largest absolute Gasteiger partial charge is 0.497 e. The molecule has 4 aromatic rings. The minimum Gasteiger partial charge on any atom is -0.497 e. The van der Waals surface area contributed by atoms with Gasteiger partial charge in [-0.05, 0) is 34.9 Å². The molecule has 0 saturated heterocycles. The molecule has 0 aliphatic carbocycles. The van der Waals surface area contributed by atoms with Gasteiger partial charge in [0.25, 0.3) is 0 Å². The van der Waals surface area contributed by atoms with E-state index in [4.69, 9.17) is 4.74 Å². The van der Waals surface area contributed by atoms with E-state index in [-0.39, 0.29) is 12.0 Å². The summed E-state index contributed by atoms with van der Waals surface area (Å²) in [5.74, 6) is -1.25. The number of carbonyl (C=O) groups is 1. The highest BCUT2D eigenvalue weighted by Crippen LogP contribution is 2.34. The molecule has 4 nitrogen and oxygen atoms in total. The molecule has 4 rings (SSSR count). The van der Waals surface area contributed by atoms with E-state index >= 15 is 0 Å². The lowest BCUT2D eigenvalue weighted by molar-refractivity contribution is 0.0691. The summed E-state index contributed by atoms with van der Waals surface area (Å²) in [6.45, 7) is 0. The molecule has 3 aromatic carbocycles. The highest BCUT2D eigenvalue weighted by Gasteiger charge is 2.19. The second-order valence-electron chi connectivity index (χ2n) is 6.52. The first-order valence-electron chi connectivity index (χ1n) is 8.83. The average Bonchev–Trinajstić information content (AvgIpc) is 3.07. The van der Waals surface area contributed by atoms with Crippen molar-refractivity contribution in [2.24, 2.45) is 0 Å². The minimum atomic E-state index is -1.27. The van der Waals surface area contributed by atoms with Crippen LogP contribution in [0.4, 0.5) is 4.39 Å². The van der Waals surface area contributed by atoms with E-state index in [1.54, 1.807) is 19.2 Å². The highest BCUT2D eigenvalue weighted by atomic mass is 19.1. The van der Waals surface area contributed by atoms with Gasteiger partial charge in [0.15, 0.2) is 0 Å². The zero-order valence-corrected chi connectivity index (χ0v) is 15.2. The van der Waals surface area contributed by atoms with Crippen molar-refractivity contribution in [2.45, 2.75) is 6.42 Å². The molecular weight excluding hydrogens is 357 g/mol. The highest BCUT2D eigenvalue weighted by molar-refractivity contribution is 5.92. The molecule has 0 spiro atoms. The molecule has 140 valence electrons. The smallest absolute Gasteiger partial charge is 0.338 e. The minimum absolute atomic E-state index is 0.267. The van der Waals surface area contributed by atoms with Crippen molar-refractivity contribution in [3.8, 4) is 17.0 Å². The molecule has 0 aliphatic heterocycles. The van der Waals surface area contributed by atoms with E-state index in [1.807, 2.05) is 48.5 Å². The normalized spacial score (nSPS) is 10.9. The number of nitrogens with one attached hydrogen (secondary N) is 1. The number of H-pyrrole nitrogens is 1. The number of ether oxygens (including phenoxy) is 1. The Hall–Kier alpha value is -3.60. The third-order valence-electron chi connectivity index (χ3n) is 4.85. The molecule has 0 bridgehead atoms. The molecule has 0 amide bonds. The number of aromatic carboxylic acids is 1. The summed E-state index contributed by atoms with van der Waals surface area (Å²) in [4.78, 5) is 14.7. The molecule has 0 unspecified atom stereocenters. The number of halogens is 1. The number of rotatable bonds is 5. The quantitative estimate of drug-likeness (QED) is 0.499. The Bertz CT molecular complexity index is 1170. The number of hydrogen-bond donors (Lipinski definition) is 2. The van der Waals surface area contributed by atoms with Crippen molar-refractivity contribution >= 4 is 16.9 Å². The Labute approximate surface area is 161 Å². The number of hydrogen-bond acceptors (Lipinski definition) is 2. The van der Waals surface area contributed by atoms with Crippen LogP contribution < -0.4 is 4.74 Å². The van der Waals surface area contributed by atoms with Crippen molar-refractivity contribution in [3.63, 3.8) is 0 Å². The molecule has 1 aromatic heterocycles. The Kier molecular flexibility index (Phi) is 4.57. The Morgan fingerprint density at radius 1 is 1.07 bits per heavy atom. The van der Waals surface area contributed by atoms with Gasteiger partial charge in [-0.3, -0.25) is 0 Å². The molecule has 0 saturated carbocycles. The van der Waals surface area contributed by atoms with Gasteiger partial charge in [0.1, 0.15) is 11.6 Å². The van der Waals surface area contributed by atoms with E-state index in [2.05, 4.69) is 4.98 Å². The first-order valence-corrected chi connectivity index (χ1v) is 8.83. The summed E-state index contributed by atoms with van der Waals surface area (Å²) in [6, 6.07) is 19.9. The number of aromatic nitrogens is 1. The lowest BCUT2D eigenvalue weighted by Gasteiger charge is -2.08. The number of benzene rings is 3. The molecular formula is C23H18FNO3. The van der Waals surface area contributed by atoms with Gasteiger partial charge in [0, 0.05) is 23.4 Å². The van der Waals surface area contributed by atoms with E-state index in [0.717, 1.165) is 33.5 Å². The monoisotopic (exact) mass is 375 g/mol. The third-order valence-corrected chi connectivity index (χ3v) is 4.85. The second kappa shape index (κ2) is 7.19. The van der Waals surface area contributed by atoms with Crippen LogP contribution >= 0.6 is 0 Å². The van der Waals surface area contributed by atoms with E-state index in [9.17, 15) is 14.3 Å². The fourth-order valence-corrected chi connectivity index (χ4v) is 3.47. The van der Waals surface area contributed by atoms with Crippen molar-refractivity contribution in [2.75, 3.05) is 7.11 Å². The lowest BCUT2D eigenvalue weighted by Crippen LogP contribution is -2.04. The van der Waals surface area contributed by atoms with Gasteiger partial charge in [-0.15, -0.1) is 0 Å². The van der Waals surface area contributed by atoms with Crippen LogP contribution in [0.15, 0.2) is 66.7 Å². The molecule has 5 heteroatoms. The van der Waals surface area contributed by atoms with Gasteiger partial charge in [-0.2, -0.15) is 0 Å². The van der Waals surface area contributed by atoms with Crippen molar-refractivity contribution < 1.29 is 19.0 Å². The molecule has 1 heterocycles. The standard InChI is InChI=1S/C23H18FNO3/c1-28-16-10-11-17-19(12-15-8-5-9-18(21(15)24)23(26)27)22(25-20(17)13-16)14-6-3-2-4-7-14/h2-11,13,25H,12H2,1H3,(H,26,27). The Balaban J connectivity index is 1.90. The summed E-state index contributed by atoms with van der Waals surface area (Å²) in [6.07, 6.45) is 0.267. The van der Waals surface area contributed by atoms with Gasteiger partial charge in [0.05, 0.1) is 18.4 Å². The first kappa shape index (κ1) is 17.8. The number of carboxylic acid groups (broad SMARTS) is 1. The van der Waals surface area contributed by atoms with Gasteiger partial charge >= 0.3 is 5.97 Å². The number of methoxy groups -OCH3 is 1. The van der Waals surface area contributed by atoms with Crippen LogP contribution in [-0.4, -0.2) is 23.2 Å². The summed E-state index contributed by atoms with van der Waals surface area (Å²) in [5, 5.41) is 10.2. The van der Waals surface area contributed by atoms with Crippen LogP contribution in [-0.2, 0) is 6.42 Å². The summed E-state index contributed by atoms with van der Waals surface area (Å²) in [5.41, 5.74) is 3.66. The number of carboxylic acids is 1. The average molecular weight is 375 g/mol. The zero-order chi connectivity index (χ0) is 19.7. The van der Waals surface area contributed by atoms with Crippen LogP contribution in [0.5, 0.6) is 5.75 Å². The number of aromatic amines is 1. The molecule has 0 fully saturated rings.